The van der Waals surface area contributed by atoms with Gasteiger partial charge in [0, 0.05) is 87.6 Å². The van der Waals surface area contributed by atoms with Crippen LogP contribution in [0.4, 0.5) is 0 Å². The molecular weight excluding hydrogens is 1280 g/mol. The van der Waals surface area contributed by atoms with Crippen LogP contribution in [0, 0.1) is 0 Å². The van der Waals surface area contributed by atoms with Gasteiger partial charge in [-0.05, 0) is 196 Å². The number of benzene rings is 16. The second-order valence-electron chi connectivity index (χ2n) is 27.7. The molecule has 6 heterocycles. The summed E-state index contributed by atoms with van der Waals surface area (Å²) < 4.78 is 11.8. The van der Waals surface area contributed by atoms with Gasteiger partial charge in [-0.15, -0.1) is 0 Å². The molecular formula is C98H61N7. The fourth-order valence-electron chi connectivity index (χ4n) is 17.1. The van der Waals surface area contributed by atoms with Gasteiger partial charge in [0.05, 0.1) is 66.4 Å². The van der Waals surface area contributed by atoms with E-state index in [1.165, 1.54) is 110 Å². The molecule has 22 rings (SSSR count). The highest BCUT2D eigenvalue weighted by Crippen LogP contribution is 2.44. The molecule has 0 N–H and O–H groups in total. The second kappa shape index (κ2) is 23.2. The Kier molecular flexibility index (Phi) is 13.0. The van der Waals surface area contributed by atoms with Gasteiger partial charge < -0.3 is 18.3 Å². The van der Waals surface area contributed by atoms with E-state index in [1.54, 1.807) is 0 Å². The predicted octanol–water partition coefficient (Wildman–Crippen LogP) is 25.5. The summed E-state index contributed by atoms with van der Waals surface area (Å²) in [5, 5.41) is 13.1. The first-order chi connectivity index (χ1) is 52.1. The molecule has 16 aromatic carbocycles. The molecule has 0 aliphatic carbocycles. The fraction of sp³-hybridized carbons (Fsp3) is 0. The van der Waals surface area contributed by atoms with E-state index in [0.717, 1.165) is 88.9 Å². The van der Waals surface area contributed by atoms with Crippen molar-refractivity contribution in [3.8, 4) is 84.5 Å². The van der Waals surface area contributed by atoms with E-state index in [4.69, 9.17) is 9.97 Å². The monoisotopic (exact) mass is 1340 g/mol. The highest BCUT2D eigenvalue weighted by molar-refractivity contribution is 6.17. The number of nitrogens with zero attached hydrogens (tertiary/aromatic N) is 7. The van der Waals surface area contributed by atoms with Crippen molar-refractivity contribution in [3.63, 3.8) is 0 Å². The highest BCUT2D eigenvalue weighted by atomic mass is 15.2. The van der Waals surface area contributed by atoms with Crippen LogP contribution in [-0.2, 0) is 0 Å². The van der Waals surface area contributed by atoms with Gasteiger partial charge in [0.2, 0.25) is 5.95 Å². The first kappa shape index (κ1) is 58.6. The van der Waals surface area contributed by atoms with Gasteiger partial charge in [-0.25, -0.2) is 9.97 Å². The number of hydrogen-bond donors (Lipinski definition) is 0. The highest BCUT2D eigenvalue weighted by Gasteiger charge is 2.23. The van der Waals surface area contributed by atoms with E-state index < -0.39 is 0 Å². The van der Waals surface area contributed by atoms with Crippen LogP contribution >= 0.6 is 0 Å². The van der Waals surface area contributed by atoms with Crippen LogP contribution in [0.5, 0.6) is 0 Å². The molecule has 22 aromatic rings. The summed E-state index contributed by atoms with van der Waals surface area (Å²) in [5.41, 5.74) is 28.2. The maximum atomic E-state index is 5.51. The lowest BCUT2D eigenvalue weighted by atomic mass is 9.98. The fourth-order valence-corrected chi connectivity index (χ4v) is 17.1. The molecule has 7 heteroatoms. The van der Waals surface area contributed by atoms with Gasteiger partial charge in [0.1, 0.15) is 0 Å². The lowest BCUT2D eigenvalue weighted by molar-refractivity contribution is 1.01. The van der Waals surface area contributed by atoms with E-state index >= 15 is 0 Å². The zero-order valence-corrected chi connectivity index (χ0v) is 56.8. The van der Waals surface area contributed by atoms with E-state index in [0.29, 0.717) is 5.95 Å². The molecule has 488 valence electrons. The molecule has 0 unspecified atom stereocenters. The SMILES string of the molecule is c1ccc(-n2c3ccccc3c3cc(-c4ccc5c(c4)c4cc(-c6ccc7c(c6)c6ccccc6n7-c6ccc(-c7ccc(-c8nc(-n9c%10ccccc%10c%10cc(-c%11ccc%12c(c%11)c%11ccccc%11n%12-c%11ccccc%11)ccc%109)nc9ccccc89)cc7)cc6)ccc4n5-c4ccccc4)ccc32)cc1. The first-order valence-corrected chi connectivity index (χ1v) is 35.9. The normalized spacial score (nSPS) is 12.0. The Hall–Kier alpha value is -14.1. The second-order valence-corrected chi connectivity index (χ2v) is 27.7. The number of hydrogen-bond acceptors (Lipinski definition) is 2. The third-order valence-electron chi connectivity index (χ3n) is 21.9. The lowest BCUT2D eigenvalue weighted by Crippen LogP contribution is -2.03. The summed E-state index contributed by atoms with van der Waals surface area (Å²) in [6, 6.07) is 135. The van der Waals surface area contributed by atoms with Crippen molar-refractivity contribution in [2.24, 2.45) is 0 Å². The molecule has 0 saturated carbocycles. The minimum absolute atomic E-state index is 0.633. The van der Waals surface area contributed by atoms with Crippen molar-refractivity contribution >= 4 is 120 Å². The number of rotatable bonds is 10. The third-order valence-corrected chi connectivity index (χ3v) is 21.9. The van der Waals surface area contributed by atoms with Crippen LogP contribution in [-0.4, -0.2) is 32.8 Å². The van der Waals surface area contributed by atoms with Crippen molar-refractivity contribution < 1.29 is 0 Å². The molecule has 105 heavy (non-hydrogen) atoms. The lowest BCUT2D eigenvalue weighted by Gasteiger charge is -2.13. The standard InChI is InChI=1S/C98H61N7/c1-4-20-71(21-5-1)101-87-32-16-11-26-75(87)80-56-65(42-50-91(80)101)68-47-55-96-83(59-68)78-29-14-19-35-90(78)105(96)98-99-86-31-15-10-30-79(86)97(100-98)64-38-36-62(37-39-64)63-40-48-74(49-41-63)104-89-34-18-13-28-77(89)82-58-67(44-52-93(82)104)70-46-54-95-85(61-70)84-60-69(45-53-94(84)103(95)73-24-8-3-9-25-73)66-43-51-92-81(57-66)76-27-12-17-33-88(76)102(92)72-22-6-2-7-23-72/h1-61H. The average Bonchev–Trinajstić information content (AvgIpc) is 1.53. The zero-order chi connectivity index (χ0) is 68.8. The largest absolute Gasteiger partial charge is 0.309 e. The molecule has 0 atom stereocenters. The maximum Gasteiger partial charge on any atom is 0.235 e. The number of fused-ring (bicyclic) bond motifs is 16. The minimum atomic E-state index is 0.633. The molecule has 0 spiro atoms. The summed E-state index contributed by atoms with van der Waals surface area (Å²) in [6.07, 6.45) is 0. The summed E-state index contributed by atoms with van der Waals surface area (Å²) in [7, 11) is 0. The van der Waals surface area contributed by atoms with Gasteiger partial charge in [-0.1, -0.05) is 218 Å². The molecule has 0 aliphatic heterocycles. The molecule has 0 bridgehead atoms. The Balaban J connectivity index is 0.586. The quantitative estimate of drug-likeness (QED) is 0.137. The van der Waals surface area contributed by atoms with E-state index in [2.05, 4.69) is 393 Å². The smallest absolute Gasteiger partial charge is 0.235 e. The van der Waals surface area contributed by atoms with Crippen LogP contribution < -0.4 is 0 Å². The summed E-state index contributed by atoms with van der Waals surface area (Å²) >= 11 is 0. The molecule has 0 amide bonds. The van der Waals surface area contributed by atoms with Crippen molar-refractivity contribution in [2.45, 2.75) is 0 Å². The van der Waals surface area contributed by atoms with Gasteiger partial charge in [0.25, 0.3) is 0 Å². The van der Waals surface area contributed by atoms with Gasteiger partial charge in [-0.2, -0.15) is 0 Å². The van der Waals surface area contributed by atoms with Gasteiger partial charge in [0.15, 0.2) is 0 Å². The third kappa shape index (κ3) is 9.18. The Morgan fingerprint density at radius 3 is 0.743 bits per heavy atom. The molecule has 0 saturated heterocycles. The Morgan fingerprint density at radius 1 is 0.152 bits per heavy atom. The molecule has 0 radical (unpaired) electrons. The molecule has 0 fully saturated rings. The maximum absolute atomic E-state index is 5.51. The average molecular weight is 1340 g/mol. The molecule has 0 aliphatic rings. The Morgan fingerprint density at radius 2 is 0.390 bits per heavy atom. The van der Waals surface area contributed by atoms with Gasteiger partial charge in [-0.3, -0.25) is 4.57 Å². The van der Waals surface area contributed by atoms with Crippen molar-refractivity contribution in [3.05, 3.63) is 370 Å². The topological polar surface area (TPSA) is 50.4 Å². The van der Waals surface area contributed by atoms with Crippen molar-refractivity contribution in [2.75, 3.05) is 0 Å². The van der Waals surface area contributed by atoms with Crippen molar-refractivity contribution in [1.82, 2.24) is 32.8 Å². The van der Waals surface area contributed by atoms with Gasteiger partial charge >= 0.3 is 0 Å². The molecule has 7 nitrogen and oxygen atoms in total. The zero-order valence-electron chi connectivity index (χ0n) is 56.8. The van der Waals surface area contributed by atoms with E-state index in [9.17, 15) is 0 Å². The van der Waals surface area contributed by atoms with Crippen LogP contribution in [0.2, 0.25) is 0 Å². The first-order valence-electron chi connectivity index (χ1n) is 35.9. The summed E-state index contributed by atoms with van der Waals surface area (Å²) in [4.78, 5) is 10.8. The van der Waals surface area contributed by atoms with Crippen LogP contribution in [0.15, 0.2) is 370 Å². The van der Waals surface area contributed by atoms with Crippen LogP contribution in [0.3, 0.4) is 0 Å². The van der Waals surface area contributed by atoms with E-state index in [-0.39, 0.29) is 0 Å². The number of para-hydroxylation sites is 8. The summed E-state index contributed by atoms with van der Waals surface area (Å²) in [6.45, 7) is 0. The van der Waals surface area contributed by atoms with E-state index in [1.807, 2.05) is 0 Å². The number of aromatic nitrogens is 7. The van der Waals surface area contributed by atoms with Crippen LogP contribution in [0.25, 0.3) is 204 Å². The minimum Gasteiger partial charge on any atom is -0.309 e. The molecule has 6 aromatic heterocycles. The predicted molar refractivity (Wildman–Crippen MR) is 438 cm³/mol. The Labute approximate surface area is 603 Å². The Bertz CT molecular complexity index is 7300. The summed E-state index contributed by atoms with van der Waals surface area (Å²) in [5.74, 6) is 0.633. The van der Waals surface area contributed by atoms with Crippen LogP contribution in [0.1, 0.15) is 0 Å². The van der Waals surface area contributed by atoms with Crippen molar-refractivity contribution in [1.29, 1.82) is 0 Å².